The predicted octanol–water partition coefficient (Wildman–Crippen LogP) is 3.04. The molecular formula is C11H10BrNO2. The van der Waals surface area contributed by atoms with Crippen LogP contribution in [0.1, 0.15) is 17.5 Å². The third kappa shape index (κ3) is 3.37. The largest absolute Gasteiger partial charge is 0.284 e. The van der Waals surface area contributed by atoms with Crippen LogP contribution < -0.4 is 0 Å². The fourth-order valence-corrected chi connectivity index (χ4v) is 1.31. The van der Waals surface area contributed by atoms with E-state index in [0.29, 0.717) is 12.0 Å². The molecule has 15 heavy (non-hydrogen) atoms. The van der Waals surface area contributed by atoms with E-state index in [9.17, 15) is 10.1 Å². The number of alkyl halides is 1. The predicted molar refractivity (Wildman–Crippen MR) is 63.1 cm³/mol. The van der Waals surface area contributed by atoms with Gasteiger partial charge in [0.05, 0.1) is 4.92 Å². The van der Waals surface area contributed by atoms with Crippen molar-refractivity contribution in [3.05, 3.63) is 39.4 Å². The third-order valence-corrected chi connectivity index (χ3v) is 2.19. The summed E-state index contributed by atoms with van der Waals surface area (Å²) < 4.78 is 0. The number of nitro groups is 1. The van der Waals surface area contributed by atoms with Gasteiger partial charge in [-0.3, -0.25) is 10.1 Å². The highest BCUT2D eigenvalue weighted by atomic mass is 79.9. The van der Waals surface area contributed by atoms with Crippen LogP contribution in [-0.4, -0.2) is 10.3 Å². The molecule has 0 fully saturated rings. The first-order valence-electron chi connectivity index (χ1n) is 4.45. The number of rotatable bonds is 2. The van der Waals surface area contributed by atoms with Crippen molar-refractivity contribution in [3.63, 3.8) is 0 Å². The van der Waals surface area contributed by atoms with Crippen LogP contribution in [0.15, 0.2) is 18.2 Å². The second-order valence-electron chi connectivity index (χ2n) is 3.02. The standard InChI is InChI=1S/C11H10BrNO2/c1-9-5-6-11(13(14)15)10(8-9)4-2-3-7-12/h5-6,8H,3,7H2,1H3. The van der Waals surface area contributed by atoms with Gasteiger partial charge in [-0.15, -0.1) is 0 Å². The lowest BCUT2D eigenvalue weighted by atomic mass is 10.1. The monoisotopic (exact) mass is 267 g/mol. The van der Waals surface area contributed by atoms with E-state index in [0.717, 1.165) is 10.9 Å². The highest BCUT2D eigenvalue weighted by Gasteiger charge is 2.10. The summed E-state index contributed by atoms with van der Waals surface area (Å²) in [7, 11) is 0. The van der Waals surface area contributed by atoms with Crippen LogP contribution in [-0.2, 0) is 0 Å². The number of hydrogen-bond acceptors (Lipinski definition) is 2. The second-order valence-corrected chi connectivity index (χ2v) is 3.81. The summed E-state index contributed by atoms with van der Waals surface area (Å²) in [6.07, 6.45) is 0.686. The number of benzene rings is 1. The topological polar surface area (TPSA) is 43.1 Å². The zero-order valence-electron chi connectivity index (χ0n) is 8.29. The molecule has 0 aliphatic rings. The van der Waals surface area contributed by atoms with E-state index in [4.69, 9.17) is 0 Å². The summed E-state index contributed by atoms with van der Waals surface area (Å²) in [5.41, 5.74) is 1.53. The van der Waals surface area contributed by atoms with Gasteiger partial charge in [0, 0.05) is 17.8 Å². The SMILES string of the molecule is Cc1ccc([N+](=O)[O-])c(C#CCCBr)c1. The summed E-state index contributed by atoms with van der Waals surface area (Å²) in [6, 6.07) is 4.95. The fraction of sp³-hybridized carbons (Fsp3) is 0.273. The fourth-order valence-electron chi connectivity index (χ4n) is 1.11. The molecule has 3 nitrogen and oxygen atoms in total. The van der Waals surface area contributed by atoms with E-state index >= 15 is 0 Å². The lowest BCUT2D eigenvalue weighted by Gasteiger charge is -1.96. The summed E-state index contributed by atoms with van der Waals surface area (Å²) in [4.78, 5) is 10.3. The van der Waals surface area contributed by atoms with Gasteiger partial charge in [-0.05, 0) is 18.6 Å². The Bertz CT molecular complexity index is 432. The van der Waals surface area contributed by atoms with Crippen molar-refractivity contribution < 1.29 is 4.92 Å². The Morgan fingerprint density at radius 1 is 1.53 bits per heavy atom. The van der Waals surface area contributed by atoms with E-state index < -0.39 is 4.92 Å². The van der Waals surface area contributed by atoms with Crippen LogP contribution in [0, 0.1) is 28.9 Å². The molecule has 0 amide bonds. The maximum atomic E-state index is 10.7. The Morgan fingerprint density at radius 2 is 2.27 bits per heavy atom. The maximum absolute atomic E-state index is 10.7. The van der Waals surface area contributed by atoms with Crippen molar-refractivity contribution in [1.29, 1.82) is 0 Å². The Kier molecular flexibility index (Phi) is 4.32. The molecule has 0 bridgehead atoms. The molecule has 0 radical (unpaired) electrons. The van der Waals surface area contributed by atoms with Gasteiger partial charge in [-0.1, -0.05) is 33.8 Å². The minimum absolute atomic E-state index is 0.0719. The molecule has 0 heterocycles. The van der Waals surface area contributed by atoms with Crippen LogP contribution in [0.25, 0.3) is 0 Å². The molecule has 1 aromatic rings. The second kappa shape index (κ2) is 5.52. The van der Waals surface area contributed by atoms with Crippen LogP contribution in [0.4, 0.5) is 5.69 Å². The van der Waals surface area contributed by atoms with Gasteiger partial charge in [0.2, 0.25) is 0 Å². The van der Waals surface area contributed by atoms with Crippen molar-refractivity contribution in [2.24, 2.45) is 0 Å². The van der Waals surface area contributed by atoms with Crippen molar-refractivity contribution in [3.8, 4) is 11.8 Å². The molecule has 1 aromatic carbocycles. The van der Waals surface area contributed by atoms with Crippen molar-refractivity contribution in [2.45, 2.75) is 13.3 Å². The normalized spacial score (nSPS) is 9.20. The molecule has 0 atom stereocenters. The van der Waals surface area contributed by atoms with Crippen LogP contribution >= 0.6 is 15.9 Å². The molecule has 0 saturated carbocycles. The number of hydrogen-bond donors (Lipinski definition) is 0. The third-order valence-electron chi connectivity index (χ3n) is 1.79. The van der Waals surface area contributed by atoms with Crippen LogP contribution in [0.2, 0.25) is 0 Å². The number of aryl methyl sites for hydroxylation is 1. The van der Waals surface area contributed by atoms with Gasteiger partial charge >= 0.3 is 0 Å². The van der Waals surface area contributed by atoms with Crippen molar-refractivity contribution in [2.75, 3.05) is 5.33 Å². The highest BCUT2D eigenvalue weighted by molar-refractivity contribution is 9.09. The van der Waals surface area contributed by atoms with Gasteiger partial charge < -0.3 is 0 Å². The Hall–Kier alpha value is -1.34. The molecule has 0 aromatic heterocycles. The molecule has 0 N–H and O–H groups in total. The van der Waals surface area contributed by atoms with E-state index in [1.807, 2.05) is 6.92 Å². The van der Waals surface area contributed by atoms with E-state index in [1.54, 1.807) is 12.1 Å². The van der Waals surface area contributed by atoms with E-state index in [2.05, 4.69) is 27.8 Å². The van der Waals surface area contributed by atoms with Crippen molar-refractivity contribution >= 4 is 21.6 Å². The average molecular weight is 268 g/mol. The zero-order chi connectivity index (χ0) is 11.3. The maximum Gasteiger partial charge on any atom is 0.284 e. The quantitative estimate of drug-likeness (QED) is 0.358. The number of nitrogens with zero attached hydrogens (tertiary/aromatic N) is 1. The first kappa shape index (κ1) is 11.7. The van der Waals surface area contributed by atoms with Crippen LogP contribution in [0.3, 0.4) is 0 Å². The summed E-state index contributed by atoms with van der Waals surface area (Å²) in [5, 5.41) is 11.5. The first-order chi connectivity index (χ1) is 7.15. The molecule has 0 aliphatic carbocycles. The lowest BCUT2D eigenvalue weighted by Crippen LogP contribution is -1.92. The van der Waals surface area contributed by atoms with Gasteiger partial charge in [0.25, 0.3) is 5.69 Å². The summed E-state index contributed by atoms with van der Waals surface area (Å²) >= 11 is 3.25. The Balaban J connectivity index is 3.09. The first-order valence-corrected chi connectivity index (χ1v) is 5.57. The zero-order valence-corrected chi connectivity index (χ0v) is 9.87. The summed E-state index contributed by atoms with van der Waals surface area (Å²) in [5.74, 6) is 5.69. The van der Waals surface area contributed by atoms with E-state index in [1.165, 1.54) is 6.07 Å². The van der Waals surface area contributed by atoms with Gasteiger partial charge in [0.1, 0.15) is 5.56 Å². The molecular weight excluding hydrogens is 258 g/mol. The average Bonchev–Trinajstić information content (AvgIpc) is 2.18. The molecule has 4 heteroatoms. The number of halogens is 1. The smallest absolute Gasteiger partial charge is 0.258 e. The minimum Gasteiger partial charge on any atom is -0.258 e. The van der Waals surface area contributed by atoms with Crippen LogP contribution in [0.5, 0.6) is 0 Å². The van der Waals surface area contributed by atoms with Gasteiger partial charge in [-0.2, -0.15) is 0 Å². The Labute approximate surface area is 96.8 Å². The molecule has 0 aliphatic heterocycles. The minimum atomic E-state index is -0.405. The molecule has 0 spiro atoms. The molecule has 0 saturated heterocycles. The lowest BCUT2D eigenvalue weighted by molar-refractivity contribution is -0.385. The van der Waals surface area contributed by atoms with Gasteiger partial charge in [-0.25, -0.2) is 0 Å². The molecule has 78 valence electrons. The summed E-state index contributed by atoms with van der Waals surface area (Å²) in [6.45, 7) is 1.89. The highest BCUT2D eigenvalue weighted by Crippen LogP contribution is 2.18. The van der Waals surface area contributed by atoms with Crippen molar-refractivity contribution in [1.82, 2.24) is 0 Å². The Morgan fingerprint density at radius 3 is 2.87 bits per heavy atom. The number of nitro benzene ring substituents is 1. The van der Waals surface area contributed by atoms with Gasteiger partial charge in [0.15, 0.2) is 0 Å². The molecule has 0 unspecified atom stereocenters. The molecule has 1 rings (SSSR count). The van der Waals surface area contributed by atoms with E-state index in [-0.39, 0.29) is 5.69 Å².